The van der Waals surface area contributed by atoms with Crippen LogP contribution in [-0.2, 0) is 20.7 Å². The van der Waals surface area contributed by atoms with Crippen molar-refractivity contribution in [3.8, 4) is 11.1 Å². The zero-order valence-corrected chi connectivity index (χ0v) is 21.9. The third kappa shape index (κ3) is 5.38. The monoisotopic (exact) mass is 514 g/mol. The molecule has 1 unspecified atom stereocenters. The lowest BCUT2D eigenvalue weighted by Crippen LogP contribution is -2.43. The maximum Gasteiger partial charge on any atom is 0.407 e. The minimum atomic E-state index is -1.10. The van der Waals surface area contributed by atoms with Crippen LogP contribution in [0.3, 0.4) is 0 Å². The van der Waals surface area contributed by atoms with E-state index in [4.69, 9.17) is 9.47 Å². The van der Waals surface area contributed by atoms with E-state index in [9.17, 15) is 14.7 Å². The number of carboxylic acid groups (broad SMARTS) is 1. The van der Waals surface area contributed by atoms with Crippen LogP contribution in [0.5, 0.6) is 0 Å². The molecule has 0 aromatic heterocycles. The van der Waals surface area contributed by atoms with E-state index in [1.807, 2.05) is 42.5 Å². The first-order chi connectivity index (χ1) is 18.4. The second-order valence-corrected chi connectivity index (χ2v) is 10.2. The molecule has 1 aliphatic heterocycles. The molecule has 1 aliphatic carbocycles. The molecular weight excluding hydrogens is 480 g/mol. The summed E-state index contributed by atoms with van der Waals surface area (Å²) in [5.74, 6) is -0.911. The molecule has 2 aliphatic rings. The summed E-state index contributed by atoms with van der Waals surface area (Å²) >= 11 is 0. The molecule has 7 heteroatoms. The van der Waals surface area contributed by atoms with Crippen LogP contribution < -0.4 is 10.2 Å². The summed E-state index contributed by atoms with van der Waals surface area (Å²) in [5.41, 5.74) is 7.68. The molecule has 1 saturated heterocycles. The first kappa shape index (κ1) is 25.8. The number of morpholine rings is 1. The summed E-state index contributed by atoms with van der Waals surface area (Å²) in [5, 5.41) is 12.4. The van der Waals surface area contributed by atoms with Crippen LogP contribution >= 0.6 is 0 Å². The Morgan fingerprint density at radius 1 is 1.00 bits per heavy atom. The van der Waals surface area contributed by atoms with Crippen LogP contribution in [0.25, 0.3) is 11.1 Å². The molecule has 0 bridgehead atoms. The van der Waals surface area contributed by atoms with Gasteiger partial charge in [-0.2, -0.15) is 0 Å². The smallest absolute Gasteiger partial charge is 0.407 e. The van der Waals surface area contributed by atoms with Crippen molar-refractivity contribution in [2.45, 2.75) is 38.1 Å². The number of aliphatic carboxylic acids is 1. The minimum Gasteiger partial charge on any atom is -0.480 e. The highest BCUT2D eigenvalue weighted by Gasteiger charge is 2.30. The molecule has 0 saturated carbocycles. The number of benzene rings is 3. The summed E-state index contributed by atoms with van der Waals surface area (Å²) in [6.07, 6.45) is -0.559. The number of carbonyl (C=O) groups excluding carboxylic acids is 1. The number of nitrogens with one attached hydrogen (secondary N) is 1. The second kappa shape index (κ2) is 11.3. The fraction of sp³-hybridized carbons (Fsp3) is 0.355. The Kier molecular flexibility index (Phi) is 7.65. The van der Waals surface area contributed by atoms with E-state index in [-0.39, 0.29) is 24.9 Å². The molecular formula is C31H34N2O5. The third-order valence-corrected chi connectivity index (χ3v) is 7.44. The number of ether oxygens (including phenoxy) is 2. The number of hydrogen-bond acceptors (Lipinski definition) is 5. The van der Waals surface area contributed by atoms with E-state index in [1.54, 1.807) is 0 Å². The molecule has 2 N–H and O–H groups in total. The van der Waals surface area contributed by atoms with Crippen molar-refractivity contribution < 1.29 is 24.2 Å². The summed E-state index contributed by atoms with van der Waals surface area (Å²) in [6.45, 7) is 7.46. The van der Waals surface area contributed by atoms with Gasteiger partial charge in [-0.3, -0.25) is 0 Å². The highest BCUT2D eigenvalue weighted by atomic mass is 16.5. The highest BCUT2D eigenvalue weighted by Crippen LogP contribution is 2.44. The SMILES string of the molecule is CC(C)c1cc(CC(NC(=O)OCC2c3ccccc3-c3ccccc32)C(=O)O)ccc1N1CCOCC1. The van der Waals surface area contributed by atoms with Gasteiger partial charge in [0.25, 0.3) is 0 Å². The van der Waals surface area contributed by atoms with Gasteiger partial charge in [-0.15, -0.1) is 0 Å². The summed E-state index contributed by atoms with van der Waals surface area (Å²) in [6, 6.07) is 21.2. The molecule has 3 aromatic carbocycles. The van der Waals surface area contributed by atoms with Gasteiger partial charge in [0.1, 0.15) is 12.6 Å². The van der Waals surface area contributed by atoms with E-state index < -0.39 is 18.1 Å². The van der Waals surface area contributed by atoms with Gasteiger partial charge < -0.3 is 24.8 Å². The summed E-state index contributed by atoms with van der Waals surface area (Å²) < 4.78 is 11.1. The van der Waals surface area contributed by atoms with E-state index in [1.165, 1.54) is 0 Å². The minimum absolute atomic E-state index is 0.0854. The predicted molar refractivity (Wildman–Crippen MR) is 147 cm³/mol. The quantitative estimate of drug-likeness (QED) is 0.431. The standard InChI is InChI=1S/C31H34N2O5/c1-20(2)26-17-21(11-12-29(26)33-13-15-37-16-14-33)18-28(30(34)35)32-31(36)38-19-27-24-9-5-3-7-22(24)23-8-4-6-10-25(23)27/h3-12,17,20,27-28H,13-16,18-19H2,1-2H3,(H,32,36)(H,34,35). The van der Waals surface area contributed by atoms with E-state index >= 15 is 0 Å². The lowest BCUT2D eigenvalue weighted by Gasteiger charge is -2.32. The van der Waals surface area contributed by atoms with Gasteiger partial charge in [0.15, 0.2) is 0 Å². The fourth-order valence-corrected chi connectivity index (χ4v) is 5.50. The van der Waals surface area contributed by atoms with Gasteiger partial charge in [-0.25, -0.2) is 9.59 Å². The Bertz CT molecular complexity index is 1270. The number of fused-ring (bicyclic) bond motifs is 3. The zero-order valence-electron chi connectivity index (χ0n) is 21.9. The van der Waals surface area contributed by atoms with Gasteiger partial charge in [0.05, 0.1) is 13.2 Å². The Morgan fingerprint density at radius 2 is 1.63 bits per heavy atom. The number of carbonyl (C=O) groups is 2. The molecule has 1 amide bonds. The molecule has 1 atom stereocenters. The average molecular weight is 515 g/mol. The normalized spacial score (nSPS) is 15.6. The molecule has 0 spiro atoms. The van der Waals surface area contributed by atoms with Gasteiger partial charge in [0.2, 0.25) is 0 Å². The van der Waals surface area contributed by atoms with Crippen molar-refractivity contribution in [3.63, 3.8) is 0 Å². The summed E-state index contributed by atoms with van der Waals surface area (Å²) in [4.78, 5) is 27.1. The first-order valence-electron chi connectivity index (χ1n) is 13.2. The van der Waals surface area contributed by atoms with E-state index in [2.05, 4.69) is 48.3 Å². The highest BCUT2D eigenvalue weighted by molar-refractivity contribution is 5.81. The van der Waals surface area contributed by atoms with Gasteiger partial charge in [-0.05, 0) is 45.4 Å². The second-order valence-electron chi connectivity index (χ2n) is 10.2. The van der Waals surface area contributed by atoms with Crippen molar-refractivity contribution in [3.05, 3.63) is 89.0 Å². The van der Waals surface area contributed by atoms with Crippen LogP contribution in [0, 0.1) is 0 Å². The average Bonchev–Trinajstić information content (AvgIpc) is 3.25. The van der Waals surface area contributed by atoms with E-state index in [0.29, 0.717) is 13.2 Å². The third-order valence-electron chi connectivity index (χ3n) is 7.44. The van der Waals surface area contributed by atoms with Crippen LogP contribution in [-0.4, -0.2) is 56.1 Å². The Hall–Kier alpha value is -3.84. The van der Waals surface area contributed by atoms with Crippen molar-refractivity contribution in [2.75, 3.05) is 37.8 Å². The number of alkyl carbamates (subject to hydrolysis) is 1. The maximum atomic E-state index is 12.7. The Labute approximate surface area is 223 Å². The zero-order chi connectivity index (χ0) is 26.6. The number of hydrogen-bond donors (Lipinski definition) is 2. The van der Waals surface area contributed by atoms with Crippen molar-refractivity contribution in [1.82, 2.24) is 5.32 Å². The van der Waals surface area contributed by atoms with Gasteiger partial charge in [-0.1, -0.05) is 74.5 Å². The molecule has 3 aromatic rings. The number of amides is 1. The van der Waals surface area contributed by atoms with E-state index in [0.717, 1.165) is 52.2 Å². The van der Waals surface area contributed by atoms with Crippen molar-refractivity contribution in [2.24, 2.45) is 0 Å². The van der Waals surface area contributed by atoms with Crippen molar-refractivity contribution >= 4 is 17.7 Å². The number of rotatable bonds is 8. The Morgan fingerprint density at radius 3 is 2.24 bits per heavy atom. The van der Waals surface area contributed by atoms with Gasteiger partial charge in [0, 0.05) is 31.1 Å². The van der Waals surface area contributed by atoms with Gasteiger partial charge >= 0.3 is 12.1 Å². The fourth-order valence-electron chi connectivity index (χ4n) is 5.50. The van der Waals surface area contributed by atoms with Crippen LogP contribution in [0.2, 0.25) is 0 Å². The van der Waals surface area contributed by atoms with Crippen LogP contribution in [0.4, 0.5) is 10.5 Å². The Balaban J connectivity index is 1.26. The lowest BCUT2D eigenvalue weighted by atomic mass is 9.95. The van der Waals surface area contributed by atoms with Crippen LogP contribution in [0.1, 0.15) is 47.9 Å². The first-order valence-corrected chi connectivity index (χ1v) is 13.2. The number of nitrogens with zero attached hydrogens (tertiary/aromatic N) is 1. The molecule has 0 radical (unpaired) electrons. The number of anilines is 1. The molecule has 1 fully saturated rings. The molecule has 198 valence electrons. The maximum absolute atomic E-state index is 12.7. The molecule has 7 nitrogen and oxygen atoms in total. The molecule has 38 heavy (non-hydrogen) atoms. The molecule has 1 heterocycles. The molecule has 5 rings (SSSR count). The van der Waals surface area contributed by atoms with Crippen LogP contribution in [0.15, 0.2) is 66.7 Å². The predicted octanol–water partition coefficient (Wildman–Crippen LogP) is 5.18. The lowest BCUT2D eigenvalue weighted by molar-refractivity contribution is -0.139. The number of carboxylic acids is 1. The topological polar surface area (TPSA) is 88.1 Å². The summed E-state index contributed by atoms with van der Waals surface area (Å²) in [7, 11) is 0. The van der Waals surface area contributed by atoms with Crippen molar-refractivity contribution in [1.29, 1.82) is 0 Å². The largest absolute Gasteiger partial charge is 0.480 e.